The van der Waals surface area contributed by atoms with Gasteiger partial charge in [0.05, 0.1) is 18.8 Å². The summed E-state index contributed by atoms with van der Waals surface area (Å²) in [4.78, 5) is 13.6. The van der Waals surface area contributed by atoms with E-state index in [1.54, 1.807) is 13.0 Å². The van der Waals surface area contributed by atoms with Crippen molar-refractivity contribution in [3.63, 3.8) is 0 Å². The van der Waals surface area contributed by atoms with E-state index in [4.69, 9.17) is 10.5 Å². The lowest BCUT2D eigenvalue weighted by Crippen LogP contribution is -2.56. The molecule has 2 atom stereocenters. The average Bonchev–Trinajstić information content (AvgIpc) is 2.61. The fourth-order valence-electron chi connectivity index (χ4n) is 4.30. The van der Waals surface area contributed by atoms with E-state index in [-0.39, 0.29) is 30.0 Å². The fourth-order valence-corrected chi connectivity index (χ4v) is 4.30. The van der Waals surface area contributed by atoms with Crippen LogP contribution in [0.25, 0.3) is 0 Å². The van der Waals surface area contributed by atoms with Crippen molar-refractivity contribution in [2.24, 2.45) is 5.73 Å². The van der Waals surface area contributed by atoms with E-state index in [2.05, 4.69) is 0 Å². The van der Waals surface area contributed by atoms with Gasteiger partial charge in [-0.15, -0.1) is 0 Å². The maximum absolute atomic E-state index is 14.0. The second-order valence-corrected chi connectivity index (χ2v) is 7.56. The highest BCUT2D eigenvalue weighted by molar-refractivity contribution is 5.73. The molecule has 0 aromatic heterocycles. The molecule has 0 spiro atoms. The highest BCUT2D eigenvalue weighted by Crippen LogP contribution is 2.35. The molecule has 1 saturated heterocycles. The topological polar surface area (TPSA) is 55.6 Å². The first kappa shape index (κ1) is 19.2. The smallest absolute Gasteiger partial charge is 0.219 e. The summed E-state index contributed by atoms with van der Waals surface area (Å²) in [5.41, 5.74) is 6.80. The van der Waals surface area contributed by atoms with E-state index in [0.717, 1.165) is 51.1 Å². The van der Waals surface area contributed by atoms with Crippen LogP contribution in [0.4, 0.5) is 8.78 Å². The first-order valence-corrected chi connectivity index (χ1v) is 9.55. The van der Waals surface area contributed by atoms with E-state index in [1.165, 1.54) is 6.07 Å². The van der Waals surface area contributed by atoms with E-state index in [1.807, 2.05) is 4.90 Å². The van der Waals surface area contributed by atoms with E-state index in [9.17, 15) is 13.6 Å². The molecule has 1 aromatic carbocycles. The predicted molar refractivity (Wildman–Crippen MR) is 95.7 cm³/mol. The molecule has 2 N–H and O–H groups in total. The normalized spacial score (nSPS) is 29.6. The van der Waals surface area contributed by atoms with Gasteiger partial charge in [0.2, 0.25) is 5.91 Å². The Morgan fingerprint density at radius 1 is 1.23 bits per heavy atom. The summed E-state index contributed by atoms with van der Waals surface area (Å²) in [7, 11) is 0. The van der Waals surface area contributed by atoms with E-state index in [0.29, 0.717) is 12.2 Å². The van der Waals surface area contributed by atoms with Crippen molar-refractivity contribution in [3.8, 4) is 0 Å². The van der Waals surface area contributed by atoms with Crippen LogP contribution in [-0.2, 0) is 9.53 Å². The number of rotatable bonds is 4. The number of carbonyl (C=O) groups is 1. The molecule has 1 aromatic rings. The number of ether oxygens (including phenoxy) is 1. The molecule has 0 bridgehead atoms. The molecule has 144 valence electrons. The summed E-state index contributed by atoms with van der Waals surface area (Å²) >= 11 is 0. The van der Waals surface area contributed by atoms with Crippen molar-refractivity contribution in [2.75, 3.05) is 13.2 Å². The van der Waals surface area contributed by atoms with Crippen LogP contribution in [0.5, 0.6) is 0 Å². The Labute approximate surface area is 153 Å². The van der Waals surface area contributed by atoms with Crippen molar-refractivity contribution < 1.29 is 18.3 Å². The third-order valence-corrected chi connectivity index (χ3v) is 5.81. The zero-order chi connectivity index (χ0) is 18.7. The lowest BCUT2D eigenvalue weighted by Gasteiger charge is -2.40. The third-order valence-electron chi connectivity index (χ3n) is 5.81. The Kier molecular flexibility index (Phi) is 6.24. The van der Waals surface area contributed by atoms with Gasteiger partial charge >= 0.3 is 0 Å². The molecule has 26 heavy (non-hydrogen) atoms. The number of amides is 1. The molecular formula is C20H28F2N2O2. The van der Waals surface area contributed by atoms with Crippen molar-refractivity contribution in [3.05, 3.63) is 35.4 Å². The number of nitrogens with zero attached hydrogens (tertiary/aromatic N) is 1. The number of piperidine rings is 1. The number of carbonyl (C=O) groups excluding carboxylic acids is 1. The highest BCUT2D eigenvalue weighted by Gasteiger charge is 2.32. The van der Waals surface area contributed by atoms with Gasteiger partial charge < -0.3 is 15.4 Å². The van der Waals surface area contributed by atoms with Crippen LogP contribution in [0.3, 0.4) is 0 Å². The largest absolute Gasteiger partial charge is 0.376 e. The van der Waals surface area contributed by atoms with Crippen molar-refractivity contribution in [1.82, 2.24) is 4.90 Å². The van der Waals surface area contributed by atoms with Gasteiger partial charge in [0.25, 0.3) is 0 Å². The summed E-state index contributed by atoms with van der Waals surface area (Å²) in [5.74, 6) is -0.841. The van der Waals surface area contributed by atoms with Crippen LogP contribution in [0.1, 0.15) is 56.9 Å². The van der Waals surface area contributed by atoms with Gasteiger partial charge in [-0.2, -0.15) is 0 Å². The lowest BCUT2D eigenvalue weighted by atomic mass is 9.82. The number of hydrogen-bond acceptors (Lipinski definition) is 3. The van der Waals surface area contributed by atoms with Crippen molar-refractivity contribution in [1.29, 1.82) is 0 Å². The van der Waals surface area contributed by atoms with Crippen LogP contribution in [-0.4, -0.2) is 42.1 Å². The van der Waals surface area contributed by atoms with Gasteiger partial charge in [0.15, 0.2) is 0 Å². The van der Waals surface area contributed by atoms with Gasteiger partial charge in [-0.1, -0.05) is 6.07 Å². The molecule has 1 aliphatic heterocycles. The number of nitrogens with two attached hydrogens (primary N) is 1. The quantitative estimate of drug-likeness (QED) is 0.889. The SMILES string of the molecule is CC(=O)N1CCC[C@H](N)[C@@H]1COC1CCC(c2ccc(F)cc2F)CC1. The first-order chi connectivity index (χ1) is 12.5. The molecule has 0 unspecified atom stereocenters. The number of halogens is 2. The summed E-state index contributed by atoms with van der Waals surface area (Å²) in [6, 6.07) is 3.73. The van der Waals surface area contributed by atoms with Crippen LogP contribution in [0, 0.1) is 11.6 Å². The Hall–Kier alpha value is -1.53. The second-order valence-electron chi connectivity index (χ2n) is 7.56. The van der Waals surface area contributed by atoms with Crippen LogP contribution in [0.15, 0.2) is 18.2 Å². The number of hydrogen-bond donors (Lipinski definition) is 1. The average molecular weight is 366 g/mol. The molecule has 0 radical (unpaired) electrons. The minimum atomic E-state index is -0.540. The van der Waals surface area contributed by atoms with E-state index < -0.39 is 11.6 Å². The number of likely N-dealkylation sites (tertiary alicyclic amines) is 1. The van der Waals surface area contributed by atoms with Gasteiger partial charge in [0, 0.05) is 25.6 Å². The summed E-state index contributed by atoms with van der Waals surface area (Å²) < 4.78 is 33.1. The van der Waals surface area contributed by atoms with Crippen molar-refractivity contribution >= 4 is 5.91 Å². The number of benzene rings is 1. The second kappa shape index (κ2) is 8.44. The van der Waals surface area contributed by atoms with Crippen LogP contribution < -0.4 is 5.73 Å². The molecular weight excluding hydrogens is 338 g/mol. The monoisotopic (exact) mass is 366 g/mol. The highest BCUT2D eigenvalue weighted by atomic mass is 19.1. The lowest BCUT2D eigenvalue weighted by molar-refractivity contribution is -0.135. The summed E-state index contributed by atoms with van der Waals surface area (Å²) in [6.45, 7) is 2.78. The Morgan fingerprint density at radius 3 is 2.62 bits per heavy atom. The molecule has 1 amide bonds. The maximum Gasteiger partial charge on any atom is 0.219 e. The molecule has 1 heterocycles. The Balaban J connectivity index is 1.51. The van der Waals surface area contributed by atoms with Gasteiger partial charge in [-0.25, -0.2) is 8.78 Å². The molecule has 1 saturated carbocycles. The Bertz CT molecular complexity index is 632. The molecule has 6 heteroatoms. The van der Waals surface area contributed by atoms with Crippen LogP contribution >= 0.6 is 0 Å². The maximum atomic E-state index is 14.0. The molecule has 4 nitrogen and oxygen atoms in total. The summed E-state index contributed by atoms with van der Waals surface area (Å²) in [6.07, 6.45) is 5.27. The molecule has 2 aliphatic rings. The minimum absolute atomic E-state index is 0.0442. The first-order valence-electron chi connectivity index (χ1n) is 9.55. The minimum Gasteiger partial charge on any atom is -0.376 e. The molecule has 2 fully saturated rings. The predicted octanol–water partition coefficient (Wildman–Crippen LogP) is 3.35. The molecule has 1 aliphatic carbocycles. The zero-order valence-electron chi connectivity index (χ0n) is 15.3. The standard InChI is InChI=1S/C20H28F2N2O2/c1-13(25)24-10-2-3-19(23)20(24)12-26-16-7-4-14(5-8-16)17-9-6-15(21)11-18(17)22/h6,9,11,14,16,19-20H,2-5,7-8,10,12,23H2,1H3/t14?,16?,19-,20-/m0/s1. The van der Waals surface area contributed by atoms with E-state index >= 15 is 0 Å². The fraction of sp³-hybridized carbons (Fsp3) is 0.650. The Morgan fingerprint density at radius 2 is 1.96 bits per heavy atom. The van der Waals surface area contributed by atoms with Crippen LogP contribution in [0.2, 0.25) is 0 Å². The third kappa shape index (κ3) is 4.41. The van der Waals surface area contributed by atoms with Gasteiger partial charge in [-0.3, -0.25) is 4.79 Å². The summed E-state index contributed by atoms with van der Waals surface area (Å²) in [5, 5.41) is 0. The van der Waals surface area contributed by atoms with Crippen molar-refractivity contribution in [2.45, 2.75) is 69.6 Å². The van der Waals surface area contributed by atoms with Gasteiger partial charge in [-0.05, 0) is 56.1 Å². The van der Waals surface area contributed by atoms with Gasteiger partial charge in [0.1, 0.15) is 11.6 Å². The zero-order valence-corrected chi connectivity index (χ0v) is 15.3. The molecule has 3 rings (SSSR count).